The normalized spacial score (nSPS) is 10.7. The maximum absolute atomic E-state index is 12.8. The van der Waals surface area contributed by atoms with E-state index in [9.17, 15) is 4.79 Å². The lowest BCUT2D eigenvalue weighted by atomic mass is 10.1. The highest BCUT2D eigenvalue weighted by Crippen LogP contribution is 2.34. The second-order valence-electron chi connectivity index (χ2n) is 8.39. The second kappa shape index (κ2) is 11.4. The summed E-state index contributed by atoms with van der Waals surface area (Å²) in [5.74, 6) is 2.58. The van der Waals surface area contributed by atoms with Crippen LogP contribution >= 0.6 is 0 Å². The number of ether oxygens (including phenoxy) is 3. The van der Waals surface area contributed by atoms with Crippen molar-refractivity contribution in [1.29, 1.82) is 0 Å². The smallest absolute Gasteiger partial charge is 0.226 e. The molecule has 1 aromatic heterocycles. The highest BCUT2D eigenvalue weighted by atomic mass is 16.5. The number of benzene rings is 3. The van der Waals surface area contributed by atoms with Crippen LogP contribution in [0.4, 0.5) is 5.69 Å². The number of carbonyl (C=O) groups excluding carboxylic acids is 1. The SMILES string of the molecule is CCc1nn(-c2ccc(OC)cc2)c(Oc2cccc(OC)c2)c1CCC(=O)Nc1cccc(C)c1. The molecule has 0 spiro atoms. The maximum atomic E-state index is 12.8. The van der Waals surface area contributed by atoms with Gasteiger partial charge in [-0.15, -0.1) is 0 Å². The van der Waals surface area contributed by atoms with Crippen LogP contribution in [0.25, 0.3) is 5.69 Å². The van der Waals surface area contributed by atoms with Crippen LogP contribution in [0.15, 0.2) is 72.8 Å². The van der Waals surface area contributed by atoms with Gasteiger partial charge in [0.05, 0.1) is 25.6 Å². The van der Waals surface area contributed by atoms with Gasteiger partial charge in [-0.2, -0.15) is 5.10 Å². The fraction of sp³-hybridized carbons (Fsp3) is 0.241. The molecule has 0 radical (unpaired) electrons. The van der Waals surface area contributed by atoms with Gasteiger partial charge in [-0.1, -0.05) is 25.1 Å². The number of aryl methyl sites for hydroxylation is 2. The largest absolute Gasteiger partial charge is 0.497 e. The van der Waals surface area contributed by atoms with E-state index in [1.54, 1.807) is 18.9 Å². The molecule has 1 N–H and O–H groups in total. The molecule has 1 heterocycles. The molecule has 7 heteroatoms. The van der Waals surface area contributed by atoms with Crippen LogP contribution in [-0.2, 0) is 17.6 Å². The summed E-state index contributed by atoms with van der Waals surface area (Å²) in [6.45, 7) is 4.05. The van der Waals surface area contributed by atoms with E-state index >= 15 is 0 Å². The number of hydrogen-bond acceptors (Lipinski definition) is 5. The van der Waals surface area contributed by atoms with E-state index in [0.717, 1.165) is 33.9 Å². The van der Waals surface area contributed by atoms with E-state index in [2.05, 4.69) is 5.32 Å². The van der Waals surface area contributed by atoms with Gasteiger partial charge in [-0.05, 0) is 73.9 Å². The summed E-state index contributed by atoms with van der Waals surface area (Å²) in [5.41, 5.74) is 4.50. The summed E-state index contributed by atoms with van der Waals surface area (Å²) in [5, 5.41) is 7.84. The first kappa shape index (κ1) is 24.9. The van der Waals surface area contributed by atoms with Crippen molar-refractivity contribution in [1.82, 2.24) is 9.78 Å². The Kier molecular flexibility index (Phi) is 7.90. The third kappa shape index (κ3) is 5.86. The van der Waals surface area contributed by atoms with E-state index in [4.69, 9.17) is 19.3 Å². The summed E-state index contributed by atoms with van der Waals surface area (Å²) < 4.78 is 18.9. The standard InChI is InChI=1S/C29H31N3O4/c1-5-27-26(16-17-28(33)30-21-9-6-8-20(2)18-21)29(36-25-11-7-10-24(19-25)35-4)32(31-27)22-12-14-23(34-3)15-13-22/h6-15,18-19H,5,16-17H2,1-4H3,(H,30,33). The van der Waals surface area contributed by atoms with Gasteiger partial charge in [0.15, 0.2) is 0 Å². The molecule has 0 bridgehead atoms. The Hall–Kier alpha value is -4.26. The number of anilines is 1. The summed E-state index contributed by atoms with van der Waals surface area (Å²) in [7, 11) is 3.25. The van der Waals surface area contributed by atoms with E-state index in [1.165, 1.54) is 0 Å². The third-order valence-electron chi connectivity index (χ3n) is 5.83. The molecule has 0 saturated carbocycles. The second-order valence-corrected chi connectivity index (χ2v) is 8.39. The van der Waals surface area contributed by atoms with Crippen molar-refractivity contribution in [2.45, 2.75) is 33.1 Å². The molecule has 0 aliphatic rings. The monoisotopic (exact) mass is 485 g/mol. The van der Waals surface area contributed by atoms with Crippen molar-refractivity contribution in [3.63, 3.8) is 0 Å². The number of methoxy groups -OCH3 is 2. The van der Waals surface area contributed by atoms with Gasteiger partial charge in [-0.3, -0.25) is 4.79 Å². The van der Waals surface area contributed by atoms with Crippen molar-refractivity contribution >= 4 is 11.6 Å². The van der Waals surface area contributed by atoms with Gasteiger partial charge in [0.1, 0.15) is 17.2 Å². The Morgan fingerprint density at radius 2 is 1.64 bits per heavy atom. The molecule has 0 fully saturated rings. The van der Waals surface area contributed by atoms with Crippen LogP contribution in [0.3, 0.4) is 0 Å². The van der Waals surface area contributed by atoms with E-state index < -0.39 is 0 Å². The zero-order valence-corrected chi connectivity index (χ0v) is 21.1. The van der Waals surface area contributed by atoms with Crippen molar-refractivity contribution in [2.75, 3.05) is 19.5 Å². The van der Waals surface area contributed by atoms with Gasteiger partial charge in [0.25, 0.3) is 0 Å². The van der Waals surface area contributed by atoms with Crippen LogP contribution < -0.4 is 19.5 Å². The average molecular weight is 486 g/mol. The van der Waals surface area contributed by atoms with Crippen molar-refractivity contribution < 1.29 is 19.0 Å². The predicted molar refractivity (Wildman–Crippen MR) is 141 cm³/mol. The van der Waals surface area contributed by atoms with E-state index in [1.807, 2.05) is 86.6 Å². The summed E-state index contributed by atoms with van der Waals surface area (Å²) in [6.07, 6.45) is 1.48. The summed E-state index contributed by atoms with van der Waals surface area (Å²) in [6, 6.07) is 22.8. The quantitative estimate of drug-likeness (QED) is 0.293. The number of nitrogens with one attached hydrogen (secondary N) is 1. The highest BCUT2D eigenvalue weighted by Gasteiger charge is 2.21. The molecule has 3 aromatic carbocycles. The number of nitrogens with zero attached hydrogens (tertiary/aromatic N) is 2. The minimum Gasteiger partial charge on any atom is -0.497 e. The van der Waals surface area contributed by atoms with Crippen LogP contribution in [0.5, 0.6) is 23.1 Å². The molecule has 1 amide bonds. The lowest BCUT2D eigenvalue weighted by Gasteiger charge is -2.13. The molecular formula is C29H31N3O4. The zero-order valence-electron chi connectivity index (χ0n) is 21.1. The zero-order chi connectivity index (χ0) is 25.5. The molecule has 0 unspecified atom stereocenters. The molecule has 0 aliphatic heterocycles. The summed E-state index contributed by atoms with van der Waals surface area (Å²) in [4.78, 5) is 12.8. The predicted octanol–water partition coefficient (Wildman–Crippen LogP) is 6.12. The molecule has 0 aliphatic carbocycles. The Labute approximate surface area is 211 Å². The summed E-state index contributed by atoms with van der Waals surface area (Å²) >= 11 is 0. The number of aromatic nitrogens is 2. The molecule has 0 atom stereocenters. The van der Waals surface area contributed by atoms with Crippen molar-refractivity contribution in [3.8, 4) is 28.8 Å². The Bertz CT molecular complexity index is 1330. The molecule has 7 nitrogen and oxygen atoms in total. The Balaban J connectivity index is 1.66. The minimum absolute atomic E-state index is 0.0628. The van der Waals surface area contributed by atoms with Crippen LogP contribution in [0.2, 0.25) is 0 Å². The first-order valence-electron chi connectivity index (χ1n) is 11.9. The molecule has 186 valence electrons. The van der Waals surface area contributed by atoms with Gasteiger partial charge < -0.3 is 19.5 Å². The average Bonchev–Trinajstić information content (AvgIpc) is 3.24. The minimum atomic E-state index is -0.0628. The molecule has 4 aromatic rings. The third-order valence-corrected chi connectivity index (χ3v) is 5.83. The number of hydrogen-bond donors (Lipinski definition) is 1. The number of rotatable bonds is 10. The van der Waals surface area contributed by atoms with Gasteiger partial charge in [-0.25, -0.2) is 4.68 Å². The van der Waals surface area contributed by atoms with Gasteiger partial charge >= 0.3 is 0 Å². The maximum Gasteiger partial charge on any atom is 0.226 e. The van der Waals surface area contributed by atoms with E-state index in [0.29, 0.717) is 36.6 Å². The van der Waals surface area contributed by atoms with Crippen molar-refractivity contribution in [3.05, 3.63) is 89.6 Å². The van der Waals surface area contributed by atoms with E-state index in [-0.39, 0.29) is 5.91 Å². The van der Waals surface area contributed by atoms with Crippen LogP contribution in [-0.4, -0.2) is 29.9 Å². The highest BCUT2D eigenvalue weighted by molar-refractivity contribution is 5.91. The molecular weight excluding hydrogens is 454 g/mol. The fourth-order valence-electron chi connectivity index (χ4n) is 3.98. The van der Waals surface area contributed by atoms with Gasteiger partial charge in [0, 0.05) is 23.7 Å². The molecule has 36 heavy (non-hydrogen) atoms. The van der Waals surface area contributed by atoms with Crippen molar-refractivity contribution in [2.24, 2.45) is 0 Å². The Morgan fingerprint density at radius 3 is 2.33 bits per heavy atom. The number of carbonyl (C=O) groups is 1. The topological polar surface area (TPSA) is 74.6 Å². The number of amides is 1. The van der Waals surface area contributed by atoms with Crippen LogP contribution in [0.1, 0.15) is 30.2 Å². The Morgan fingerprint density at radius 1 is 0.917 bits per heavy atom. The molecule has 0 saturated heterocycles. The first-order chi connectivity index (χ1) is 17.5. The molecule has 4 rings (SSSR count). The lowest BCUT2D eigenvalue weighted by Crippen LogP contribution is -2.13. The lowest BCUT2D eigenvalue weighted by molar-refractivity contribution is -0.116. The van der Waals surface area contributed by atoms with Gasteiger partial charge in [0.2, 0.25) is 11.8 Å². The van der Waals surface area contributed by atoms with Crippen LogP contribution in [0, 0.1) is 6.92 Å². The fourth-order valence-corrected chi connectivity index (χ4v) is 3.98. The first-order valence-corrected chi connectivity index (χ1v) is 11.9.